The van der Waals surface area contributed by atoms with Crippen LogP contribution in [0, 0.1) is 11.3 Å². The normalized spacial score (nSPS) is 21.1. The summed E-state index contributed by atoms with van der Waals surface area (Å²) in [7, 11) is 0. The van der Waals surface area contributed by atoms with Crippen LogP contribution in [0.2, 0.25) is 0 Å². The van der Waals surface area contributed by atoms with E-state index >= 15 is 0 Å². The molecule has 1 aliphatic heterocycles. The van der Waals surface area contributed by atoms with Gasteiger partial charge < -0.3 is 5.73 Å². The van der Waals surface area contributed by atoms with Gasteiger partial charge in [0.2, 0.25) is 0 Å². The molecule has 1 fully saturated rings. The molecule has 3 heteroatoms. The van der Waals surface area contributed by atoms with Crippen molar-refractivity contribution >= 4 is 17.2 Å². The van der Waals surface area contributed by atoms with Crippen LogP contribution in [0.15, 0.2) is 0 Å². The van der Waals surface area contributed by atoms with Crippen molar-refractivity contribution in [3.8, 4) is 0 Å². The first-order chi connectivity index (χ1) is 6.39. The molecule has 2 nitrogen and oxygen atoms in total. The number of likely N-dealkylation sites (tertiary alicyclic amines) is 1. The van der Waals surface area contributed by atoms with Gasteiger partial charge in [-0.05, 0) is 37.3 Å². The maximum Gasteiger partial charge on any atom is 0.0870 e. The van der Waals surface area contributed by atoms with Crippen molar-refractivity contribution in [3.63, 3.8) is 0 Å². The summed E-state index contributed by atoms with van der Waals surface area (Å²) in [5, 5.41) is 0. The number of hydrogen-bond acceptors (Lipinski definition) is 2. The second-order valence-electron chi connectivity index (χ2n) is 5.38. The highest BCUT2D eigenvalue weighted by molar-refractivity contribution is 7.80. The summed E-state index contributed by atoms with van der Waals surface area (Å²) in [6.45, 7) is 10.1. The standard InChI is InChI=1S/C11H22N2S/c1-11(2,3)9-4-6-13(7-5-9)8-10(12)14/h9H,4-8H2,1-3H3,(H2,12,14). The number of rotatable bonds is 2. The summed E-state index contributed by atoms with van der Waals surface area (Å²) in [6, 6.07) is 0. The van der Waals surface area contributed by atoms with Crippen molar-refractivity contribution in [1.29, 1.82) is 0 Å². The van der Waals surface area contributed by atoms with E-state index < -0.39 is 0 Å². The molecule has 82 valence electrons. The fraction of sp³-hybridized carbons (Fsp3) is 0.909. The van der Waals surface area contributed by atoms with Crippen molar-refractivity contribution in [3.05, 3.63) is 0 Å². The molecule has 0 atom stereocenters. The van der Waals surface area contributed by atoms with Crippen molar-refractivity contribution < 1.29 is 0 Å². The SMILES string of the molecule is CC(C)(C)C1CCN(CC(N)=S)CC1. The van der Waals surface area contributed by atoms with Gasteiger partial charge in [0.05, 0.1) is 4.99 Å². The molecule has 0 aromatic heterocycles. The molecule has 0 spiro atoms. The van der Waals surface area contributed by atoms with Crippen LogP contribution in [0.3, 0.4) is 0 Å². The lowest BCUT2D eigenvalue weighted by Gasteiger charge is -2.38. The van der Waals surface area contributed by atoms with Crippen LogP contribution in [0.5, 0.6) is 0 Å². The molecule has 1 heterocycles. The van der Waals surface area contributed by atoms with Gasteiger partial charge in [0.15, 0.2) is 0 Å². The minimum atomic E-state index is 0.454. The first-order valence-corrected chi connectivity index (χ1v) is 5.81. The lowest BCUT2D eigenvalue weighted by molar-refractivity contribution is 0.122. The summed E-state index contributed by atoms with van der Waals surface area (Å²) >= 11 is 4.92. The number of hydrogen-bond donors (Lipinski definition) is 1. The van der Waals surface area contributed by atoms with Gasteiger partial charge in [-0.3, -0.25) is 4.90 Å². The Bertz CT molecular complexity index is 200. The molecule has 0 bridgehead atoms. The van der Waals surface area contributed by atoms with Crippen LogP contribution in [-0.4, -0.2) is 29.5 Å². The zero-order valence-electron chi connectivity index (χ0n) is 9.55. The van der Waals surface area contributed by atoms with Gasteiger partial charge >= 0.3 is 0 Å². The quantitative estimate of drug-likeness (QED) is 0.713. The summed E-state index contributed by atoms with van der Waals surface area (Å²) in [5.74, 6) is 0.852. The number of piperidine rings is 1. The van der Waals surface area contributed by atoms with Crippen LogP contribution >= 0.6 is 12.2 Å². The Morgan fingerprint density at radius 3 is 2.21 bits per heavy atom. The van der Waals surface area contributed by atoms with E-state index in [0.717, 1.165) is 25.6 Å². The number of nitrogens with zero attached hydrogens (tertiary/aromatic N) is 1. The molecule has 0 saturated carbocycles. The third kappa shape index (κ3) is 3.54. The van der Waals surface area contributed by atoms with E-state index in [-0.39, 0.29) is 0 Å². The third-order valence-electron chi connectivity index (χ3n) is 3.19. The molecule has 2 N–H and O–H groups in total. The van der Waals surface area contributed by atoms with Gasteiger partial charge in [0, 0.05) is 6.54 Å². The highest BCUT2D eigenvalue weighted by Gasteiger charge is 2.28. The van der Waals surface area contributed by atoms with Crippen molar-refractivity contribution in [2.75, 3.05) is 19.6 Å². The van der Waals surface area contributed by atoms with Crippen LogP contribution in [0.25, 0.3) is 0 Å². The monoisotopic (exact) mass is 214 g/mol. The van der Waals surface area contributed by atoms with Gasteiger partial charge in [-0.1, -0.05) is 33.0 Å². The smallest absolute Gasteiger partial charge is 0.0870 e. The van der Waals surface area contributed by atoms with Gasteiger partial charge in [0.1, 0.15) is 0 Å². The van der Waals surface area contributed by atoms with Crippen LogP contribution < -0.4 is 5.73 Å². The Labute approximate surface area is 92.8 Å². The van der Waals surface area contributed by atoms with Crippen LogP contribution in [0.1, 0.15) is 33.6 Å². The maximum atomic E-state index is 5.53. The molecular formula is C11H22N2S. The Balaban J connectivity index is 2.35. The van der Waals surface area contributed by atoms with Gasteiger partial charge in [0.25, 0.3) is 0 Å². The molecule has 1 aliphatic rings. The molecule has 1 saturated heterocycles. The average molecular weight is 214 g/mol. The van der Waals surface area contributed by atoms with E-state index in [0.29, 0.717) is 10.4 Å². The number of thiocarbonyl (C=S) groups is 1. The van der Waals surface area contributed by atoms with E-state index in [1.54, 1.807) is 0 Å². The molecule has 0 amide bonds. The summed E-state index contributed by atoms with van der Waals surface area (Å²) < 4.78 is 0. The van der Waals surface area contributed by atoms with Crippen LogP contribution in [-0.2, 0) is 0 Å². The van der Waals surface area contributed by atoms with Crippen molar-refractivity contribution in [1.82, 2.24) is 4.90 Å². The van der Waals surface area contributed by atoms with Crippen molar-refractivity contribution in [2.45, 2.75) is 33.6 Å². The van der Waals surface area contributed by atoms with E-state index in [2.05, 4.69) is 25.7 Å². The Morgan fingerprint density at radius 1 is 1.36 bits per heavy atom. The van der Waals surface area contributed by atoms with Gasteiger partial charge in [-0.2, -0.15) is 0 Å². The van der Waals surface area contributed by atoms with E-state index in [1.165, 1.54) is 12.8 Å². The average Bonchev–Trinajstić information content (AvgIpc) is 2.02. The molecule has 14 heavy (non-hydrogen) atoms. The minimum absolute atomic E-state index is 0.454. The topological polar surface area (TPSA) is 29.3 Å². The van der Waals surface area contributed by atoms with E-state index in [9.17, 15) is 0 Å². The zero-order chi connectivity index (χ0) is 10.8. The fourth-order valence-corrected chi connectivity index (χ4v) is 2.36. The molecule has 0 aromatic rings. The van der Waals surface area contributed by atoms with Crippen LogP contribution in [0.4, 0.5) is 0 Å². The third-order valence-corrected chi connectivity index (χ3v) is 3.32. The fourth-order valence-electron chi connectivity index (χ4n) is 2.18. The Hall–Kier alpha value is -0.150. The largest absolute Gasteiger partial charge is 0.392 e. The summed E-state index contributed by atoms with van der Waals surface area (Å²) in [4.78, 5) is 2.99. The maximum absolute atomic E-state index is 5.53. The number of nitrogens with two attached hydrogens (primary N) is 1. The minimum Gasteiger partial charge on any atom is -0.392 e. The molecule has 1 rings (SSSR count). The van der Waals surface area contributed by atoms with Gasteiger partial charge in [-0.25, -0.2) is 0 Å². The van der Waals surface area contributed by atoms with E-state index in [4.69, 9.17) is 18.0 Å². The second kappa shape index (κ2) is 4.58. The summed E-state index contributed by atoms with van der Waals surface area (Å²) in [5.41, 5.74) is 5.99. The molecule has 0 aromatic carbocycles. The molecular weight excluding hydrogens is 192 g/mol. The molecule has 0 unspecified atom stereocenters. The highest BCUT2D eigenvalue weighted by atomic mass is 32.1. The zero-order valence-corrected chi connectivity index (χ0v) is 10.4. The lowest BCUT2D eigenvalue weighted by Crippen LogP contribution is -2.41. The highest BCUT2D eigenvalue weighted by Crippen LogP contribution is 2.33. The second-order valence-corrected chi connectivity index (χ2v) is 5.91. The molecule has 0 aliphatic carbocycles. The predicted molar refractivity (Wildman–Crippen MR) is 65.4 cm³/mol. The lowest BCUT2D eigenvalue weighted by atomic mass is 9.75. The predicted octanol–water partition coefficient (Wildman–Crippen LogP) is 2.03. The first kappa shape index (κ1) is 11.9. The first-order valence-electron chi connectivity index (χ1n) is 5.40. The van der Waals surface area contributed by atoms with Gasteiger partial charge in [-0.15, -0.1) is 0 Å². The summed E-state index contributed by atoms with van der Waals surface area (Å²) in [6.07, 6.45) is 2.57. The van der Waals surface area contributed by atoms with E-state index in [1.807, 2.05) is 0 Å². The van der Waals surface area contributed by atoms with Crippen molar-refractivity contribution in [2.24, 2.45) is 17.1 Å². The Morgan fingerprint density at radius 2 is 1.86 bits per heavy atom. The Kier molecular flexibility index (Phi) is 3.90. The molecule has 0 radical (unpaired) electrons.